The highest BCUT2D eigenvalue weighted by atomic mass is 35.5. The molecule has 1 atom stereocenters. The highest BCUT2D eigenvalue weighted by Crippen LogP contribution is 2.09. The molecule has 0 fully saturated rings. The molecule has 0 bridgehead atoms. The van der Waals surface area contributed by atoms with Crippen molar-refractivity contribution in [3.8, 4) is 0 Å². The van der Waals surface area contributed by atoms with Crippen molar-refractivity contribution in [1.29, 1.82) is 0 Å². The maximum absolute atomic E-state index is 11.8. The van der Waals surface area contributed by atoms with Crippen LogP contribution in [0.5, 0.6) is 0 Å². The lowest BCUT2D eigenvalue weighted by molar-refractivity contribution is 0.0364. The van der Waals surface area contributed by atoms with Gasteiger partial charge in [0.2, 0.25) is 0 Å². The van der Waals surface area contributed by atoms with Gasteiger partial charge in [0.05, 0.1) is 18.7 Å². The molecule has 0 aliphatic heterocycles. The first-order valence-electron chi connectivity index (χ1n) is 6.90. The molecule has 0 aliphatic carbocycles. The molecule has 6 heteroatoms. The summed E-state index contributed by atoms with van der Waals surface area (Å²) in [6.07, 6.45) is 0.289. The second kappa shape index (κ2) is 9.23. The number of hydrogen-bond acceptors (Lipinski definition) is 4. The van der Waals surface area contributed by atoms with E-state index in [1.807, 2.05) is 6.92 Å². The molecule has 0 radical (unpaired) electrons. The van der Waals surface area contributed by atoms with Gasteiger partial charge in [-0.15, -0.1) is 0 Å². The highest BCUT2D eigenvalue weighted by molar-refractivity contribution is 6.20. The summed E-state index contributed by atoms with van der Waals surface area (Å²) in [5.41, 5.74) is -0.508. The maximum Gasteiger partial charge on any atom is 0.409 e. The van der Waals surface area contributed by atoms with E-state index >= 15 is 0 Å². The Bertz CT molecular complexity index is 452. The monoisotopic (exact) mass is 313 g/mol. The second-order valence-corrected chi connectivity index (χ2v) is 4.82. The van der Waals surface area contributed by atoms with Crippen molar-refractivity contribution in [3.63, 3.8) is 0 Å². The minimum Gasteiger partial charge on any atom is -0.449 e. The van der Waals surface area contributed by atoms with Crippen molar-refractivity contribution in [2.75, 3.05) is 19.7 Å². The van der Waals surface area contributed by atoms with Gasteiger partial charge >= 0.3 is 12.1 Å². The number of benzene rings is 1. The first-order chi connectivity index (χ1) is 10.1. The summed E-state index contributed by atoms with van der Waals surface area (Å²) < 4.78 is 10.1. The van der Waals surface area contributed by atoms with Crippen molar-refractivity contribution in [2.24, 2.45) is 0 Å². The summed E-state index contributed by atoms with van der Waals surface area (Å²) in [4.78, 5) is 24.9. The molecule has 1 unspecified atom stereocenters. The summed E-state index contributed by atoms with van der Waals surface area (Å²) in [6, 6.07) is 8.55. The van der Waals surface area contributed by atoms with Gasteiger partial charge in [-0.2, -0.15) is 0 Å². The van der Waals surface area contributed by atoms with Crippen LogP contribution in [-0.2, 0) is 9.47 Å². The van der Waals surface area contributed by atoms with Crippen molar-refractivity contribution < 1.29 is 19.1 Å². The van der Waals surface area contributed by atoms with E-state index in [1.54, 1.807) is 37.3 Å². The first kappa shape index (κ1) is 17.3. The summed E-state index contributed by atoms with van der Waals surface area (Å²) in [6.45, 7) is 4.57. The van der Waals surface area contributed by atoms with Crippen LogP contribution in [0.4, 0.5) is 4.79 Å². The van der Waals surface area contributed by atoms with Gasteiger partial charge in [0.25, 0.3) is 0 Å². The van der Waals surface area contributed by atoms with E-state index in [4.69, 9.17) is 21.1 Å². The van der Waals surface area contributed by atoms with Crippen molar-refractivity contribution in [2.45, 2.75) is 25.8 Å². The Hall–Kier alpha value is -1.75. The Morgan fingerprint density at radius 3 is 2.48 bits per heavy atom. The molecular formula is C15H20ClNO4. The Morgan fingerprint density at radius 2 is 1.90 bits per heavy atom. The third kappa shape index (κ3) is 6.04. The van der Waals surface area contributed by atoms with Gasteiger partial charge in [-0.25, -0.2) is 9.59 Å². The molecule has 1 aromatic carbocycles. The van der Waals surface area contributed by atoms with Crippen LogP contribution in [0.3, 0.4) is 0 Å². The molecule has 0 saturated carbocycles. The van der Waals surface area contributed by atoms with Gasteiger partial charge in [-0.3, -0.25) is 0 Å². The fraction of sp³-hybridized carbons (Fsp3) is 0.467. The minimum atomic E-state index is -0.924. The average Bonchev–Trinajstić information content (AvgIpc) is 2.51. The lowest BCUT2D eigenvalue weighted by atomic mass is 10.2. The summed E-state index contributed by atoms with van der Waals surface area (Å²) in [7, 11) is 0. The van der Waals surface area contributed by atoms with Crippen LogP contribution in [-0.4, -0.2) is 42.2 Å². The Labute approximate surface area is 129 Å². The summed E-state index contributed by atoms with van der Waals surface area (Å²) in [5.74, 6) is -0.520. The number of carbonyl (C=O) groups excluding carboxylic acids is 2. The molecule has 0 saturated heterocycles. The molecule has 0 aliphatic rings. The molecule has 0 N–H and O–H groups in total. The standard InChI is InChI=1S/C15H20ClNO4/c1-3-10-20-15(19)17(4-2)11-13(16)21-14(18)12-8-6-5-7-9-12/h5-9,13H,3-4,10-11H2,1-2H3. The van der Waals surface area contributed by atoms with Gasteiger partial charge < -0.3 is 14.4 Å². The van der Waals surface area contributed by atoms with Gasteiger partial charge in [0, 0.05) is 6.54 Å². The van der Waals surface area contributed by atoms with Crippen LogP contribution in [0.1, 0.15) is 30.6 Å². The Morgan fingerprint density at radius 1 is 1.24 bits per heavy atom. The van der Waals surface area contributed by atoms with Crippen LogP contribution in [0.25, 0.3) is 0 Å². The van der Waals surface area contributed by atoms with E-state index in [-0.39, 0.29) is 6.54 Å². The number of hydrogen-bond donors (Lipinski definition) is 0. The fourth-order valence-corrected chi connectivity index (χ4v) is 1.83. The van der Waals surface area contributed by atoms with Gasteiger partial charge in [0.1, 0.15) is 0 Å². The number of carbonyl (C=O) groups is 2. The van der Waals surface area contributed by atoms with E-state index in [0.29, 0.717) is 18.7 Å². The molecule has 116 valence electrons. The third-order valence-corrected chi connectivity index (χ3v) is 2.91. The molecule has 1 rings (SSSR count). The zero-order valence-corrected chi connectivity index (χ0v) is 13.0. The van der Waals surface area contributed by atoms with E-state index in [0.717, 1.165) is 6.42 Å². The number of alkyl halides is 1. The maximum atomic E-state index is 11.8. The van der Waals surface area contributed by atoms with Gasteiger partial charge in [-0.05, 0) is 25.5 Å². The van der Waals surface area contributed by atoms with E-state index in [9.17, 15) is 9.59 Å². The SMILES string of the molecule is CCCOC(=O)N(CC)CC(Cl)OC(=O)c1ccccc1. The van der Waals surface area contributed by atoms with Crippen molar-refractivity contribution in [3.05, 3.63) is 35.9 Å². The zero-order chi connectivity index (χ0) is 15.7. The zero-order valence-electron chi connectivity index (χ0n) is 12.3. The lowest BCUT2D eigenvalue weighted by Crippen LogP contribution is -2.37. The van der Waals surface area contributed by atoms with Crippen molar-refractivity contribution in [1.82, 2.24) is 4.90 Å². The number of rotatable bonds is 7. The van der Waals surface area contributed by atoms with E-state index < -0.39 is 17.6 Å². The largest absolute Gasteiger partial charge is 0.449 e. The molecule has 21 heavy (non-hydrogen) atoms. The minimum absolute atomic E-state index is 0.0825. The molecule has 0 spiro atoms. The average molecular weight is 314 g/mol. The topological polar surface area (TPSA) is 55.8 Å². The molecule has 1 amide bonds. The molecule has 0 heterocycles. The quantitative estimate of drug-likeness (QED) is 0.572. The third-order valence-electron chi connectivity index (χ3n) is 2.68. The van der Waals surface area contributed by atoms with E-state index in [2.05, 4.69) is 0 Å². The lowest BCUT2D eigenvalue weighted by Gasteiger charge is -2.22. The number of likely N-dealkylation sites (N-methyl/N-ethyl adjacent to an activating group) is 1. The molecular weight excluding hydrogens is 294 g/mol. The summed E-state index contributed by atoms with van der Waals surface area (Å²) in [5, 5.41) is 0. The number of ether oxygens (including phenoxy) is 2. The number of esters is 1. The number of nitrogens with zero attached hydrogens (tertiary/aromatic N) is 1. The van der Waals surface area contributed by atoms with E-state index in [1.165, 1.54) is 4.90 Å². The van der Waals surface area contributed by atoms with Gasteiger partial charge in [-0.1, -0.05) is 36.7 Å². The number of halogens is 1. The molecule has 5 nitrogen and oxygen atoms in total. The predicted molar refractivity (Wildman–Crippen MR) is 80.4 cm³/mol. The van der Waals surface area contributed by atoms with Crippen molar-refractivity contribution >= 4 is 23.7 Å². The van der Waals surface area contributed by atoms with Gasteiger partial charge in [0.15, 0.2) is 5.56 Å². The predicted octanol–water partition coefficient (Wildman–Crippen LogP) is 3.28. The van der Waals surface area contributed by atoms with Crippen LogP contribution < -0.4 is 0 Å². The van der Waals surface area contributed by atoms with Crippen LogP contribution >= 0.6 is 11.6 Å². The Balaban J connectivity index is 2.49. The van der Waals surface area contributed by atoms with Crippen LogP contribution in [0, 0.1) is 0 Å². The van der Waals surface area contributed by atoms with Crippen LogP contribution in [0.2, 0.25) is 0 Å². The fourth-order valence-electron chi connectivity index (χ4n) is 1.58. The first-order valence-corrected chi connectivity index (χ1v) is 7.33. The Kier molecular flexibility index (Phi) is 7.61. The molecule has 1 aromatic rings. The highest BCUT2D eigenvalue weighted by Gasteiger charge is 2.20. The molecule has 0 aromatic heterocycles. The number of amides is 1. The smallest absolute Gasteiger partial charge is 0.409 e. The normalized spacial score (nSPS) is 11.6. The second-order valence-electron chi connectivity index (χ2n) is 4.33. The summed E-state index contributed by atoms with van der Waals surface area (Å²) >= 11 is 5.98. The van der Waals surface area contributed by atoms with Crippen LogP contribution in [0.15, 0.2) is 30.3 Å².